The Morgan fingerprint density at radius 1 is 1.32 bits per heavy atom. The van der Waals surface area contributed by atoms with E-state index in [9.17, 15) is 4.79 Å². The Kier molecular flexibility index (Phi) is 6.96. The van der Waals surface area contributed by atoms with Crippen LogP contribution in [0, 0.1) is 13.8 Å². The number of amides is 1. The Morgan fingerprint density at radius 3 is 2.84 bits per heavy atom. The molecule has 1 saturated heterocycles. The van der Waals surface area contributed by atoms with Crippen molar-refractivity contribution in [3.8, 4) is 0 Å². The first-order valence-electron chi connectivity index (χ1n) is 8.51. The molecule has 1 aliphatic rings. The van der Waals surface area contributed by atoms with Gasteiger partial charge in [-0.1, -0.05) is 6.07 Å². The summed E-state index contributed by atoms with van der Waals surface area (Å²) < 4.78 is 5.58. The third-order valence-electron chi connectivity index (χ3n) is 4.40. The lowest BCUT2D eigenvalue weighted by Crippen LogP contribution is -2.40. The smallest absolute Gasteiger partial charge is 0.292 e. The van der Waals surface area contributed by atoms with Crippen LogP contribution >= 0.6 is 12.4 Å². The van der Waals surface area contributed by atoms with Crippen molar-refractivity contribution < 1.29 is 9.21 Å². The van der Waals surface area contributed by atoms with E-state index in [-0.39, 0.29) is 24.4 Å². The second kappa shape index (κ2) is 8.97. The van der Waals surface area contributed by atoms with Gasteiger partial charge < -0.3 is 14.6 Å². The van der Waals surface area contributed by atoms with Crippen molar-refractivity contribution in [3.63, 3.8) is 0 Å². The first-order valence-corrected chi connectivity index (χ1v) is 8.51. The highest BCUT2D eigenvalue weighted by atomic mass is 35.5. The summed E-state index contributed by atoms with van der Waals surface area (Å²) >= 11 is 0. The summed E-state index contributed by atoms with van der Waals surface area (Å²) in [6.07, 6.45) is 4.74. The van der Waals surface area contributed by atoms with E-state index in [1.807, 2.05) is 30.0 Å². The zero-order valence-corrected chi connectivity index (χ0v) is 15.5. The molecule has 1 fully saturated rings. The highest BCUT2D eigenvalue weighted by Gasteiger charge is 2.29. The maximum absolute atomic E-state index is 13.1. The molecule has 6 nitrogen and oxygen atoms in total. The minimum atomic E-state index is -0.0920. The third-order valence-corrected chi connectivity index (χ3v) is 4.40. The molecule has 2 aromatic rings. The van der Waals surface area contributed by atoms with E-state index in [0.717, 1.165) is 38.0 Å². The summed E-state index contributed by atoms with van der Waals surface area (Å²) in [5.41, 5.74) is 1.53. The number of carbonyl (C=O) groups excluding carboxylic acids is 1. The molecule has 3 heterocycles. The van der Waals surface area contributed by atoms with E-state index >= 15 is 0 Å². The number of pyridine rings is 1. The molecule has 1 atom stereocenters. The average Bonchev–Trinajstić information content (AvgIpc) is 2.79. The summed E-state index contributed by atoms with van der Waals surface area (Å²) in [6.45, 7) is 6.00. The minimum absolute atomic E-state index is 0. The van der Waals surface area contributed by atoms with Crippen LogP contribution in [0.15, 0.2) is 28.8 Å². The summed E-state index contributed by atoms with van der Waals surface area (Å²) in [5, 5.41) is 3.40. The number of rotatable bonds is 4. The molecule has 0 aromatic carbocycles. The largest absolute Gasteiger partial charge is 0.436 e. The second-order valence-corrected chi connectivity index (χ2v) is 6.24. The van der Waals surface area contributed by atoms with Gasteiger partial charge in [0.1, 0.15) is 0 Å². The van der Waals surface area contributed by atoms with Gasteiger partial charge in [-0.15, -0.1) is 12.4 Å². The molecule has 0 radical (unpaired) electrons. The van der Waals surface area contributed by atoms with Gasteiger partial charge >= 0.3 is 0 Å². The Hall–Kier alpha value is -1.92. The lowest BCUT2D eigenvalue weighted by molar-refractivity contribution is 0.0607. The Labute approximate surface area is 154 Å². The van der Waals surface area contributed by atoms with Crippen LogP contribution in [-0.2, 0) is 6.54 Å². The van der Waals surface area contributed by atoms with Crippen molar-refractivity contribution in [2.24, 2.45) is 0 Å². The predicted molar refractivity (Wildman–Crippen MR) is 97.8 cm³/mol. The van der Waals surface area contributed by atoms with Crippen molar-refractivity contribution in [2.75, 3.05) is 13.1 Å². The molecular formula is C18H25ClN4O2. The first-order chi connectivity index (χ1) is 11.6. The van der Waals surface area contributed by atoms with Gasteiger partial charge in [-0.05, 0) is 51.4 Å². The molecule has 7 heteroatoms. The quantitative estimate of drug-likeness (QED) is 0.903. The third kappa shape index (κ3) is 4.80. The molecule has 136 valence electrons. The van der Waals surface area contributed by atoms with Crippen molar-refractivity contribution in [1.82, 2.24) is 20.2 Å². The van der Waals surface area contributed by atoms with Gasteiger partial charge in [0.15, 0.2) is 5.89 Å². The summed E-state index contributed by atoms with van der Waals surface area (Å²) in [6, 6.07) is 5.96. The second-order valence-electron chi connectivity index (χ2n) is 6.24. The molecule has 1 aliphatic heterocycles. The zero-order valence-electron chi connectivity index (χ0n) is 14.7. The molecule has 1 amide bonds. The van der Waals surface area contributed by atoms with Crippen LogP contribution in [0.25, 0.3) is 0 Å². The fourth-order valence-corrected chi connectivity index (χ4v) is 3.21. The number of aromatic nitrogens is 2. The molecule has 0 aliphatic carbocycles. The Bertz CT molecular complexity index is 682. The molecule has 0 bridgehead atoms. The molecule has 1 unspecified atom stereocenters. The maximum atomic E-state index is 13.1. The summed E-state index contributed by atoms with van der Waals surface area (Å²) in [5.74, 6) is 0.780. The van der Waals surface area contributed by atoms with E-state index < -0.39 is 0 Å². The molecule has 2 aromatic heterocycles. The van der Waals surface area contributed by atoms with Crippen LogP contribution in [0.1, 0.15) is 47.1 Å². The van der Waals surface area contributed by atoms with E-state index in [1.54, 1.807) is 13.1 Å². The fraction of sp³-hybridized carbons (Fsp3) is 0.500. The topological polar surface area (TPSA) is 71.3 Å². The minimum Gasteiger partial charge on any atom is -0.436 e. The highest BCUT2D eigenvalue weighted by molar-refractivity contribution is 5.92. The first kappa shape index (κ1) is 19.4. The number of halogens is 1. The van der Waals surface area contributed by atoms with Gasteiger partial charge in [0.25, 0.3) is 5.91 Å². The van der Waals surface area contributed by atoms with Crippen LogP contribution in [-0.4, -0.2) is 39.9 Å². The molecule has 25 heavy (non-hydrogen) atoms. The predicted octanol–water partition coefficient (Wildman–Crippen LogP) is 2.89. The fourth-order valence-electron chi connectivity index (χ4n) is 3.21. The molecule has 1 N–H and O–H groups in total. The lowest BCUT2D eigenvalue weighted by atomic mass is 10.1. The van der Waals surface area contributed by atoms with Crippen LogP contribution < -0.4 is 5.32 Å². The standard InChI is InChI=1S/C18H24N4O2.ClH/c1-13-17(24-14(2)21-13)18(23)22(12-15-6-3-4-10-20-15)16-7-5-9-19-11-8-16;/h3-4,6,10,16,19H,5,7-9,11-12H2,1-2H3;1H. The SMILES string of the molecule is Cc1nc(C)c(C(=O)N(Cc2ccccn2)C2CCCNCC2)o1.Cl. The van der Waals surface area contributed by atoms with Crippen LogP contribution in [0.5, 0.6) is 0 Å². The number of carbonyl (C=O) groups is 1. The number of hydrogen-bond acceptors (Lipinski definition) is 5. The molecule has 0 saturated carbocycles. The zero-order chi connectivity index (χ0) is 16.9. The average molecular weight is 365 g/mol. The van der Waals surface area contributed by atoms with Gasteiger partial charge in [0.2, 0.25) is 5.76 Å². The number of nitrogens with one attached hydrogen (secondary N) is 1. The molecule has 3 rings (SSSR count). The lowest BCUT2D eigenvalue weighted by Gasteiger charge is -2.30. The van der Waals surface area contributed by atoms with Gasteiger partial charge in [-0.2, -0.15) is 0 Å². The van der Waals surface area contributed by atoms with Gasteiger partial charge in [-0.3, -0.25) is 9.78 Å². The van der Waals surface area contributed by atoms with Gasteiger partial charge in [0, 0.05) is 19.2 Å². The van der Waals surface area contributed by atoms with E-state index in [1.165, 1.54) is 0 Å². The number of aryl methyl sites for hydroxylation is 2. The Morgan fingerprint density at radius 2 is 2.16 bits per heavy atom. The van der Waals surface area contributed by atoms with E-state index in [0.29, 0.717) is 23.9 Å². The summed E-state index contributed by atoms with van der Waals surface area (Å²) in [7, 11) is 0. The van der Waals surface area contributed by atoms with Gasteiger partial charge in [-0.25, -0.2) is 4.98 Å². The van der Waals surface area contributed by atoms with Crippen molar-refractivity contribution in [2.45, 2.75) is 45.7 Å². The van der Waals surface area contributed by atoms with Crippen LogP contribution in [0.2, 0.25) is 0 Å². The number of nitrogens with zero attached hydrogens (tertiary/aromatic N) is 3. The monoisotopic (exact) mass is 364 g/mol. The van der Waals surface area contributed by atoms with E-state index in [2.05, 4.69) is 15.3 Å². The molecule has 0 spiro atoms. The van der Waals surface area contributed by atoms with E-state index in [4.69, 9.17) is 4.42 Å². The van der Waals surface area contributed by atoms with Crippen molar-refractivity contribution >= 4 is 18.3 Å². The number of oxazole rings is 1. The maximum Gasteiger partial charge on any atom is 0.292 e. The number of hydrogen-bond donors (Lipinski definition) is 1. The molecular weight excluding hydrogens is 340 g/mol. The highest BCUT2D eigenvalue weighted by Crippen LogP contribution is 2.21. The van der Waals surface area contributed by atoms with Crippen molar-refractivity contribution in [1.29, 1.82) is 0 Å². The Balaban J connectivity index is 0.00000225. The van der Waals surface area contributed by atoms with Crippen LogP contribution in [0.4, 0.5) is 0 Å². The van der Waals surface area contributed by atoms with Crippen LogP contribution in [0.3, 0.4) is 0 Å². The van der Waals surface area contributed by atoms with Crippen molar-refractivity contribution in [3.05, 3.63) is 47.4 Å². The summed E-state index contributed by atoms with van der Waals surface area (Å²) in [4.78, 5) is 23.7. The normalized spacial score (nSPS) is 17.4. The van der Waals surface area contributed by atoms with Gasteiger partial charge in [0.05, 0.1) is 17.9 Å².